The molecular weight excluding hydrogens is 250 g/mol. The van der Waals surface area contributed by atoms with Crippen molar-refractivity contribution in [3.8, 4) is 0 Å². The first-order valence-corrected chi connectivity index (χ1v) is 7.58. The molecule has 0 aliphatic heterocycles. The van der Waals surface area contributed by atoms with Crippen LogP contribution in [0.25, 0.3) is 0 Å². The summed E-state index contributed by atoms with van der Waals surface area (Å²) in [5.41, 5.74) is 7.05. The van der Waals surface area contributed by atoms with Gasteiger partial charge in [0.2, 0.25) is 0 Å². The molecule has 1 aromatic heterocycles. The smallest absolute Gasteiger partial charge is 0.253 e. The van der Waals surface area contributed by atoms with Crippen LogP contribution in [-0.4, -0.2) is 29.4 Å². The van der Waals surface area contributed by atoms with Gasteiger partial charge in [-0.05, 0) is 49.1 Å². The maximum atomic E-state index is 12.5. The van der Waals surface area contributed by atoms with Crippen molar-refractivity contribution in [1.29, 1.82) is 0 Å². The molecule has 0 aromatic carbocycles. The lowest BCUT2D eigenvalue weighted by atomic mass is 9.88. The summed E-state index contributed by atoms with van der Waals surface area (Å²) in [4.78, 5) is 18.5. The number of pyridine rings is 1. The van der Waals surface area contributed by atoms with Gasteiger partial charge in [0.25, 0.3) is 5.91 Å². The molecule has 2 N–H and O–H groups in total. The molecule has 2 aliphatic rings. The van der Waals surface area contributed by atoms with Gasteiger partial charge in [-0.25, -0.2) is 0 Å². The number of carbonyl (C=O) groups excluding carboxylic acids is 1. The van der Waals surface area contributed by atoms with Gasteiger partial charge in [-0.3, -0.25) is 9.78 Å². The zero-order valence-corrected chi connectivity index (χ0v) is 12.1. The summed E-state index contributed by atoms with van der Waals surface area (Å²) in [6, 6.07) is 3.58. The Kier molecular flexibility index (Phi) is 3.74. The predicted molar refractivity (Wildman–Crippen MR) is 78.0 cm³/mol. The van der Waals surface area contributed by atoms with Gasteiger partial charge in [0.15, 0.2) is 0 Å². The average molecular weight is 273 g/mol. The second-order valence-electron chi connectivity index (χ2n) is 6.36. The summed E-state index contributed by atoms with van der Waals surface area (Å²) >= 11 is 0. The van der Waals surface area contributed by atoms with Crippen molar-refractivity contribution in [3.05, 3.63) is 29.6 Å². The molecule has 3 atom stereocenters. The predicted octanol–water partition coefficient (Wildman–Crippen LogP) is 2.05. The number of rotatable bonds is 4. The Morgan fingerprint density at radius 1 is 1.45 bits per heavy atom. The van der Waals surface area contributed by atoms with E-state index >= 15 is 0 Å². The molecule has 0 saturated heterocycles. The average Bonchev–Trinajstić information content (AvgIpc) is 3.09. The Morgan fingerprint density at radius 3 is 2.95 bits per heavy atom. The highest BCUT2D eigenvalue weighted by Gasteiger charge is 2.40. The molecule has 4 nitrogen and oxygen atoms in total. The summed E-state index contributed by atoms with van der Waals surface area (Å²) in [6.07, 6.45) is 7.14. The van der Waals surface area contributed by atoms with Crippen LogP contribution in [0, 0.1) is 17.8 Å². The normalized spacial score (nSPS) is 27.8. The number of fused-ring (bicyclic) bond motifs is 2. The highest BCUT2D eigenvalue weighted by Crippen LogP contribution is 2.48. The second kappa shape index (κ2) is 5.52. The zero-order valence-electron chi connectivity index (χ0n) is 12.1. The van der Waals surface area contributed by atoms with Crippen LogP contribution in [0.5, 0.6) is 0 Å². The monoisotopic (exact) mass is 273 g/mol. The fourth-order valence-electron chi connectivity index (χ4n) is 3.98. The molecule has 3 rings (SSSR count). The van der Waals surface area contributed by atoms with Crippen LogP contribution < -0.4 is 5.73 Å². The summed E-state index contributed by atoms with van der Waals surface area (Å²) in [7, 11) is 1.91. The van der Waals surface area contributed by atoms with Gasteiger partial charge in [0.05, 0.1) is 5.69 Å². The quantitative estimate of drug-likeness (QED) is 0.913. The van der Waals surface area contributed by atoms with E-state index in [1.54, 1.807) is 18.3 Å². The Morgan fingerprint density at radius 2 is 2.30 bits per heavy atom. The topological polar surface area (TPSA) is 59.2 Å². The molecule has 2 saturated carbocycles. The third-order valence-electron chi connectivity index (χ3n) is 5.01. The maximum Gasteiger partial charge on any atom is 0.253 e. The van der Waals surface area contributed by atoms with E-state index in [9.17, 15) is 4.79 Å². The third-order valence-corrected chi connectivity index (χ3v) is 5.01. The van der Waals surface area contributed by atoms with E-state index in [2.05, 4.69) is 4.98 Å². The highest BCUT2D eigenvalue weighted by molar-refractivity contribution is 5.94. The molecule has 3 unspecified atom stereocenters. The number of aromatic nitrogens is 1. The lowest BCUT2D eigenvalue weighted by Gasteiger charge is -2.27. The fraction of sp³-hybridized carbons (Fsp3) is 0.625. The largest absolute Gasteiger partial charge is 0.341 e. The first-order chi connectivity index (χ1) is 9.67. The lowest BCUT2D eigenvalue weighted by Crippen LogP contribution is -2.33. The van der Waals surface area contributed by atoms with Gasteiger partial charge in [0, 0.05) is 31.9 Å². The van der Waals surface area contributed by atoms with Gasteiger partial charge in [-0.1, -0.05) is 6.42 Å². The minimum Gasteiger partial charge on any atom is -0.341 e. The van der Waals surface area contributed by atoms with Crippen LogP contribution in [0.1, 0.15) is 41.7 Å². The molecule has 2 fully saturated rings. The standard InChI is InChI=1S/C16H23N3O/c1-19(10-14-7-11-2-3-12(14)6-11)16(20)13-4-5-18-15(8-13)9-17/h4-5,8,11-12,14H,2-3,6-7,9-10,17H2,1H3. The molecule has 1 aromatic rings. The van der Waals surface area contributed by atoms with Gasteiger partial charge in [0.1, 0.15) is 0 Å². The second-order valence-corrected chi connectivity index (χ2v) is 6.36. The summed E-state index contributed by atoms with van der Waals surface area (Å²) < 4.78 is 0. The van der Waals surface area contributed by atoms with E-state index < -0.39 is 0 Å². The highest BCUT2D eigenvalue weighted by atomic mass is 16.2. The molecule has 2 bridgehead atoms. The Balaban J connectivity index is 1.64. The van der Waals surface area contributed by atoms with Gasteiger partial charge in [-0.15, -0.1) is 0 Å². The van der Waals surface area contributed by atoms with E-state index in [0.717, 1.165) is 24.1 Å². The fourth-order valence-corrected chi connectivity index (χ4v) is 3.98. The van der Waals surface area contributed by atoms with Crippen LogP contribution in [0.15, 0.2) is 18.3 Å². The number of hydrogen-bond acceptors (Lipinski definition) is 3. The Hall–Kier alpha value is -1.42. The van der Waals surface area contributed by atoms with Crippen LogP contribution in [-0.2, 0) is 6.54 Å². The molecule has 1 amide bonds. The third kappa shape index (κ3) is 2.57. The van der Waals surface area contributed by atoms with E-state index in [0.29, 0.717) is 18.0 Å². The maximum absolute atomic E-state index is 12.5. The van der Waals surface area contributed by atoms with Crippen LogP contribution in [0.3, 0.4) is 0 Å². The number of nitrogens with two attached hydrogens (primary N) is 1. The van der Waals surface area contributed by atoms with Crippen molar-refractivity contribution in [2.75, 3.05) is 13.6 Å². The number of amides is 1. The first kappa shape index (κ1) is 13.6. The van der Waals surface area contributed by atoms with Crippen molar-refractivity contribution in [2.24, 2.45) is 23.5 Å². The minimum atomic E-state index is 0.0878. The van der Waals surface area contributed by atoms with Gasteiger partial charge in [-0.2, -0.15) is 0 Å². The van der Waals surface area contributed by atoms with Crippen molar-refractivity contribution >= 4 is 5.91 Å². The van der Waals surface area contributed by atoms with Crippen LogP contribution in [0.2, 0.25) is 0 Å². The molecule has 4 heteroatoms. The molecule has 0 radical (unpaired) electrons. The van der Waals surface area contributed by atoms with E-state index in [4.69, 9.17) is 5.73 Å². The molecule has 20 heavy (non-hydrogen) atoms. The number of hydrogen-bond donors (Lipinski definition) is 1. The molecule has 0 spiro atoms. The van der Waals surface area contributed by atoms with Crippen molar-refractivity contribution in [2.45, 2.75) is 32.2 Å². The van der Waals surface area contributed by atoms with Gasteiger partial charge < -0.3 is 10.6 Å². The number of carbonyl (C=O) groups is 1. The molecule has 108 valence electrons. The zero-order chi connectivity index (χ0) is 14.1. The summed E-state index contributed by atoms with van der Waals surface area (Å²) in [5, 5.41) is 0. The Labute approximate surface area is 120 Å². The molecule has 2 aliphatic carbocycles. The van der Waals surface area contributed by atoms with Crippen molar-refractivity contribution in [1.82, 2.24) is 9.88 Å². The summed E-state index contributed by atoms with van der Waals surface area (Å²) in [5.74, 6) is 2.58. The minimum absolute atomic E-state index is 0.0878. The van der Waals surface area contributed by atoms with E-state index in [1.165, 1.54) is 25.7 Å². The summed E-state index contributed by atoms with van der Waals surface area (Å²) in [6.45, 7) is 1.26. The van der Waals surface area contributed by atoms with Crippen LogP contribution in [0.4, 0.5) is 0 Å². The lowest BCUT2D eigenvalue weighted by molar-refractivity contribution is 0.0754. The first-order valence-electron chi connectivity index (χ1n) is 7.58. The van der Waals surface area contributed by atoms with Crippen molar-refractivity contribution in [3.63, 3.8) is 0 Å². The Bertz CT molecular complexity index is 502. The number of nitrogens with zero attached hydrogens (tertiary/aromatic N) is 2. The van der Waals surface area contributed by atoms with Crippen molar-refractivity contribution < 1.29 is 4.79 Å². The molecule has 1 heterocycles. The SMILES string of the molecule is CN(CC1CC2CCC1C2)C(=O)c1ccnc(CN)c1. The van der Waals surface area contributed by atoms with Gasteiger partial charge >= 0.3 is 0 Å². The van der Waals surface area contributed by atoms with Crippen LogP contribution >= 0.6 is 0 Å². The van der Waals surface area contributed by atoms with E-state index in [1.807, 2.05) is 11.9 Å². The van der Waals surface area contributed by atoms with E-state index in [-0.39, 0.29) is 5.91 Å². The molecular formula is C16H23N3O.